The monoisotopic (exact) mass is 450 g/mol. The second kappa shape index (κ2) is 6.54. The number of ether oxygens (including phenoxy) is 4. The molecule has 0 aromatic rings. The maximum Gasteiger partial charge on any atom is 0.303 e. The molecule has 10 atom stereocenters. The van der Waals surface area contributed by atoms with Crippen molar-refractivity contribution in [2.45, 2.75) is 91.0 Å². The molecule has 178 valence electrons. The summed E-state index contributed by atoms with van der Waals surface area (Å²) in [5, 5.41) is 11.3. The highest BCUT2D eigenvalue weighted by Gasteiger charge is 2.88. The van der Waals surface area contributed by atoms with Crippen molar-refractivity contribution in [3.63, 3.8) is 0 Å². The highest BCUT2D eigenvalue weighted by atomic mass is 16.6. The number of carbonyl (C=O) groups is 3. The number of aliphatic hydroxyl groups excluding tert-OH is 1. The zero-order valence-corrected chi connectivity index (χ0v) is 19.7. The van der Waals surface area contributed by atoms with Crippen LogP contribution in [0.3, 0.4) is 0 Å². The van der Waals surface area contributed by atoms with Crippen LogP contribution in [0, 0.1) is 34.0 Å². The number of aliphatic hydroxyl groups is 1. The fourth-order valence-corrected chi connectivity index (χ4v) is 8.59. The van der Waals surface area contributed by atoms with E-state index in [1.54, 1.807) is 0 Å². The largest absolute Gasteiger partial charge is 0.459 e. The van der Waals surface area contributed by atoms with E-state index in [1.807, 2.05) is 27.7 Å². The molecule has 5 aliphatic rings. The molecule has 1 N–H and O–H groups in total. The molecule has 0 amide bonds. The zero-order chi connectivity index (χ0) is 23.4. The Hall–Kier alpha value is -1.51. The van der Waals surface area contributed by atoms with Gasteiger partial charge in [-0.2, -0.15) is 0 Å². The first kappa shape index (κ1) is 22.3. The first-order valence-electron chi connectivity index (χ1n) is 11.7. The third-order valence-corrected chi connectivity index (χ3v) is 9.50. The second-order valence-electron chi connectivity index (χ2n) is 11.6. The molecule has 3 aliphatic carbocycles. The number of rotatable bonds is 2. The lowest BCUT2D eigenvalue weighted by Gasteiger charge is -2.60. The van der Waals surface area contributed by atoms with Crippen molar-refractivity contribution >= 4 is 17.7 Å². The van der Waals surface area contributed by atoms with Gasteiger partial charge < -0.3 is 24.1 Å². The predicted molar refractivity (Wildman–Crippen MR) is 110 cm³/mol. The third-order valence-electron chi connectivity index (χ3n) is 9.50. The third kappa shape index (κ3) is 2.46. The van der Waals surface area contributed by atoms with Crippen LogP contribution in [0.25, 0.3) is 0 Å². The van der Waals surface area contributed by atoms with Crippen LogP contribution in [0.15, 0.2) is 0 Å². The van der Waals surface area contributed by atoms with E-state index in [-0.39, 0.29) is 30.3 Å². The van der Waals surface area contributed by atoms with Gasteiger partial charge in [0.25, 0.3) is 0 Å². The highest BCUT2D eigenvalue weighted by molar-refractivity contribution is 5.92. The molecule has 0 aromatic carbocycles. The first-order valence-corrected chi connectivity index (χ1v) is 11.7. The molecule has 10 unspecified atom stereocenters. The Balaban J connectivity index is 1.75. The van der Waals surface area contributed by atoms with Crippen LogP contribution < -0.4 is 0 Å². The van der Waals surface area contributed by atoms with Gasteiger partial charge in [-0.1, -0.05) is 27.7 Å². The van der Waals surface area contributed by atoms with E-state index in [2.05, 4.69) is 0 Å². The van der Waals surface area contributed by atoms with Crippen molar-refractivity contribution < 1.29 is 38.4 Å². The Kier molecular flexibility index (Phi) is 4.56. The summed E-state index contributed by atoms with van der Waals surface area (Å²) >= 11 is 0. The minimum absolute atomic E-state index is 0.0809. The topological polar surface area (TPSA) is 112 Å². The number of epoxide rings is 1. The molecular formula is C24H34O8. The Morgan fingerprint density at radius 2 is 1.75 bits per heavy atom. The van der Waals surface area contributed by atoms with E-state index in [1.165, 1.54) is 13.8 Å². The molecule has 2 bridgehead atoms. The van der Waals surface area contributed by atoms with Crippen molar-refractivity contribution in [3.8, 4) is 0 Å². The van der Waals surface area contributed by atoms with Crippen molar-refractivity contribution in [3.05, 3.63) is 0 Å². The van der Waals surface area contributed by atoms with Gasteiger partial charge in [0.2, 0.25) is 0 Å². The maximum absolute atomic E-state index is 13.8. The van der Waals surface area contributed by atoms with Crippen molar-refractivity contribution in [2.75, 3.05) is 6.61 Å². The molecule has 2 heterocycles. The average Bonchev–Trinajstić information content (AvgIpc) is 3.39. The number of Topliss-reactive ketones (excluding diaryl/α,β-unsaturated/α-hetero) is 1. The lowest BCUT2D eigenvalue weighted by Crippen LogP contribution is -2.70. The summed E-state index contributed by atoms with van der Waals surface area (Å²) in [4.78, 5) is 38.1. The van der Waals surface area contributed by atoms with Gasteiger partial charge in [0.15, 0.2) is 6.29 Å². The molecule has 2 saturated heterocycles. The van der Waals surface area contributed by atoms with Gasteiger partial charge in [0.1, 0.15) is 23.6 Å². The fourth-order valence-electron chi connectivity index (χ4n) is 8.59. The summed E-state index contributed by atoms with van der Waals surface area (Å²) in [6.07, 6.45) is -1.20. The lowest BCUT2D eigenvalue weighted by molar-refractivity contribution is -0.259. The Bertz CT molecular complexity index is 883. The van der Waals surface area contributed by atoms with Crippen LogP contribution in [-0.2, 0) is 33.3 Å². The Morgan fingerprint density at radius 1 is 1.09 bits per heavy atom. The van der Waals surface area contributed by atoms with Gasteiger partial charge in [0, 0.05) is 31.1 Å². The van der Waals surface area contributed by atoms with E-state index in [4.69, 9.17) is 18.9 Å². The van der Waals surface area contributed by atoms with Crippen LogP contribution in [0.2, 0.25) is 0 Å². The van der Waals surface area contributed by atoms with Gasteiger partial charge in [-0.15, -0.1) is 0 Å². The molecule has 5 rings (SSSR count). The molecule has 8 nitrogen and oxygen atoms in total. The van der Waals surface area contributed by atoms with E-state index in [9.17, 15) is 19.5 Å². The van der Waals surface area contributed by atoms with E-state index >= 15 is 0 Å². The molecule has 2 aliphatic heterocycles. The molecule has 0 radical (unpaired) electrons. The molecule has 8 heteroatoms. The van der Waals surface area contributed by atoms with Gasteiger partial charge in [-0.05, 0) is 30.6 Å². The van der Waals surface area contributed by atoms with Crippen molar-refractivity contribution in [2.24, 2.45) is 34.0 Å². The maximum atomic E-state index is 13.8. The molecule has 3 saturated carbocycles. The van der Waals surface area contributed by atoms with Crippen LogP contribution in [0.5, 0.6) is 0 Å². The smallest absolute Gasteiger partial charge is 0.303 e. The van der Waals surface area contributed by atoms with Gasteiger partial charge in [-0.25, -0.2) is 0 Å². The molecule has 2 spiro atoms. The quantitative estimate of drug-likeness (QED) is 0.502. The first-order chi connectivity index (χ1) is 14.8. The molecule has 5 fully saturated rings. The average molecular weight is 451 g/mol. The number of hydrogen-bond donors (Lipinski definition) is 1. The summed E-state index contributed by atoms with van der Waals surface area (Å²) in [5.41, 5.74) is -3.43. The van der Waals surface area contributed by atoms with Gasteiger partial charge in [-0.3, -0.25) is 14.4 Å². The summed E-state index contributed by atoms with van der Waals surface area (Å²) in [5.74, 6) is -1.28. The van der Waals surface area contributed by atoms with Crippen LogP contribution in [0.4, 0.5) is 0 Å². The predicted octanol–water partition coefficient (Wildman–Crippen LogP) is 2.00. The highest BCUT2D eigenvalue weighted by Crippen LogP contribution is 2.77. The van der Waals surface area contributed by atoms with Crippen LogP contribution in [0.1, 0.15) is 60.8 Å². The Labute approximate surface area is 188 Å². The van der Waals surface area contributed by atoms with E-state index in [0.29, 0.717) is 12.8 Å². The second-order valence-corrected chi connectivity index (χ2v) is 11.6. The SMILES string of the molecule is CC(=O)OC1CC(C)(C)C2C(O)OCC34CC(CC5OC53C2(C)C1OC(C)=O)C(C)C4=O. The number of ketones is 1. The molecular weight excluding hydrogens is 416 g/mol. The molecule has 0 aromatic heterocycles. The van der Waals surface area contributed by atoms with Gasteiger partial charge in [0.05, 0.1) is 18.1 Å². The van der Waals surface area contributed by atoms with E-state index < -0.39 is 58.2 Å². The lowest BCUT2D eigenvalue weighted by atomic mass is 9.44. The fraction of sp³-hybridized carbons (Fsp3) is 0.875. The van der Waals surface area contributed by atoms with Crippen molar-refractivity contribution in [1.82, 2.24) is 0 Å². The number of fused-ring (bicyclic) bond motifs is 2. The summed E-state index contributed by atoms with van der Waals surface area (Å²) in [6.45, 7) is 10.7. The van der Waals surface area contributed by atoms with Crippen LogP contribution >= 0.6 is 0 Å². The number of hydrogen-bond acceptors (Lipinski definition) is 8. The number of esters is 2. The van der Waals surface area contributed by atoms with Crippen molar-refractivity contribution in [1.29, 1.82) is 0 Å². The summed E-state index contributed by atoms with van der Waals surface area (Å²) < 4.78 is 24.2. The Morgan fingerprint density at radius 3 is 2.38 bits per heavy atom. The van der Waals surface area contributed by atoms with Crippen LogP contribution in [-0.4, -0.2) is 59.6 Å². The summed E-state index contributed by atoms with van der Waals surface area (Å²) in [6, 6.07) is 0. The molecule has 32 heavy (non-hydrogen) atoms. The zero-order valence-electron chi connectivity index (χ0n) is 19.7. The normalized spacial score (nSPS) is 52.7. The summed E-state index contributed by atoms with van der Waals surface area (Å²) in [7, 11) is 0. The number of carbonyl (C=O) groups excluding carboxylic acids is 3. The van der Waals surface area contributed by atoms with E-state index in [0.717, 1.165) is 6.42 Å². The van der Waals surface area contributed by atoms with Gasteiger partial charge >= 0.3 is 11.9 Å². The minimum Gasteiger partial charge on any atom is -0.459 e. The minimum atomic E-state index is -1.17. The standard InChI is InChI=1S/C24H34O8/c1-11-14-7-16-24(32-16)22(6)17(20(28)29-10-23(24,8-14)18(11)27)21(4,5)9-15(30-12(2)25)19(22)31-13(3)26/h11,14-17,19-20,28H,7-10H2,1-6H3.